The largest absolute Gasteiger partial charge is 0.489 e. The van der Waals surface area contributed by atoms with Crippen molar-refractivity contribution in [2.24, 2.45) is 11.8 Å². The second kappa shape index (κ2) is 15.1. The van der Waals surface area contributed by atoms with Gasteiger partial charge >= 0.3 is 6.09 Å². The molecule has 1 amide bonds. The van der Waals surface area contributed by atoms with E-state index in [1.165, 1.54) is 0 Å². The van der Waals surface area contributed by atoms with Gasteiger partial charge in [0.1, 0.15) is 24.2 Å². The van der Waals surface area contributed by atoms with Gasteiger partial charge in [0.05, 0.1) is 42.9 Å². The fourth-order valence-electron chi connectivity index (χ4n) is 7.62. The molecule has 5 unspecified atom stereocenters. The summed E-state index contributed by atoms with van der Waals surface area (Å²) in [6.45, 7) is 12.0. The van der Waals surface area contributed by atoms with Crippen molar-refractivity contribution >= 4 is 6.09 Å². The van der Waals surface area contributed by atoms with Crippen molar-refractivity contribution < 1.29 is 38.0 Å². The zero-order valence-electron chi connectivity index (χ0n) is 29.8. The highest BCUT2D eigenvalue weighted by molar-refractivity contribution is 5.70. The molecule has 270 valence electrons. The Balaban J connectivity index is 1.10. The van der Waals surface area contributed by atoms with Crippen LogP contribution in [0.15, 0.2) is 66.7 Å². The van der Waals surface area contributed by atoms with Crippen molar-refractivity contribution in [3.05, 3.63) is 89.0 Å². The van der Waals surface area contributed by atoms with E-state index in [0.29, 0.717) is 50.8 Å². The van der Waals surface area contributed by atoms with Gasteiger partial charge in [-0.15, -0.1) is 0 Å². The molecule has 0 spiro atoms. The monoisotopic (exact) mass is 697 g/mol. The van der Waals surface area contributed by atoms with Crippen LogP contribution in [-0.4, -0.2) is 79.3 Å². The number of benzene rings is 3. The van der Waals surface area contributed by atoms with Gasteiger partial charge in [0.25, 0.3) is 0 Å². The minimum absolute atomic E-state index is 0.0369. The number of carbonyl (C=O) groups is 1. The first-order valence-corrected chi connectivity index (χ1v) is 17.9. The van der Waals surface area contributed by atoms with Crippen LogP contribution in [0, 0.1) is 23.2 Å². The second-order valence-corrected chi connectivity index (χ2v) is 14.7. The summed E-state index contributed by atoms with van der Waals surface area (Å²) in [5.74, 6) is 2.71. The lowest BCUT2D eigenvalue weighted by atomic mass is 9.99. The summed E-state index contributed by atoms with van der Waals surface area (Å²) in [5, 5.41) is 9.08. The molecular weight excluding hydrogens is 650 g/mol. The molecule has 0 radical (unpaired) electrons. The van der Waals surface area contributed by atoms with E-state index in [1.54, 1.807) is 17.0 Å². The summed E-state index contributed by atoms with van der Waals surface area (Å²) in [5.41, 5.74) is 2.86. The Labute approximate surface area is 299 Å². The van der Waals surface area contributed by atoms with Gasteiger partial charge in [-0.05, 0) is 85.7 Å². The van der Waals surface area contributed by atoms with Gasteiger partial charge in [-0.25, -0.2) is 4.79 Å². The van der Waals surface area contributed by atoms with Crippen molar-refractivity contribution in [3.8, 4) is 23.3 Å². The molecule has 3 aromatic carbocycles. The van der Waals surface area contributed by atoms with Crippen molar-refractivity contribution in [2.75, 3.05) is 33.1 Å². The van der Waals surface area contributed by atoms with Crippen LogP contribution in [0.5, 0.6) is 17.2 Å². The summed E-state index contributed by atoms with van der Waals surface area (Å²) < 4.78 is 41.7. The molecular formula is C40H47N3O8. The molecule has 5 atom stereocenters. The van der Waals surface area contributed by atoms with Crippen LogP contribution >= 0.6 is 0 Å². The number of hydrogen-bond donors (Lipinski definition) is 0. The molecule has 0 N–H and O–H groups in total. The summed E-state index contributed by atoms with van der Waals surface area (Å²) in [4.78, 5) is 18.4. The molecule has 11 heteroatoms. The van der Waals surface area contributed by atoms with Crippen molar-refractivity contribution in [2.45, 2.75) is 84.0 Å². The molecule has 0 saturated carbocycles. The molecule has 4 heterocycles. The smallest absolute Gasteiger partial charge is 0.412 e. The maximum atomic E-state index is 14.2. The van der Waals surface area contributed by atoms with Gasteiger partial charge in [-0.2, -0.15) is 5.26 Å². The topological polar surface area (TPSA) is 112 Å². The van der Waals surface area contributed by atoms with Crippen molar-refractivity contribution in [1.82, 2.24) is 9.80 Å². The average Bonchev–Trinajstić information content (AvgIpc) is 3.89. The van der Waals surface area contributed by atoms with Crippen LogP contribution in [0.25, 0.3) is 0 Å². The van der Waals surface area contributed by atoms with E-state index in [9.17, 15) is 4.79 Å². The van der Waals surface area contributed by atoms with Crippen LogP contribution in [0.3, 0.4) is 0 Å². The molecule has 0 aliphatic carbocycles. The molecule has 3 fully saturated rings. The number of nitriles is 1. The zero-order valence-corrected chi connectivity index (χ0v) is 29.8. The van der Waals surface area contributed by atoms with E-state index in [2.05, 4.69) is 30.9 Å². The second-order valence-electron chi connectivity index (χ2n) is 14.7. The van der Waals surface area contributed by atoms with E-state index in [-0.39, 0.29) is 37.3 Å². The van der Waals surface area contributed by atoms with Crippen LogP contribution in [0.4, 0.5) is 4.79 Å². The Kier molecular flexibility index (Phi) is 10.4. The maximum absolute atomic E-state index is 14.2. The van der Waals surface area contributed by atoms with Gasteiger partial charge < -0.3 is 33.2 Å². The highest BCUT2D eigenvalue weighted by Crippen LogP contribution is 2.39. The molecule has 0 bridgehead atoms. The van der Waals surface area contributed by atoms with Crippen LogP contribution in [0.1, 0.15) is 56.4 Å². The predicted octanol–water partition coefficient (Wildman–Crippen LogP) is 6.27. The first-order chi connectivity index (χ1) is 24.6. The number of nitrogens with zero attached hydrogens (tertiary/aromatic N) is 3. The third-order valence-electron chi connectivity index (χ3n) is 9.98. The van der Waals surface area contributed by atoms with E-state index < -0.39 is 11.8 Å². The SMILES string of the molecule is CC(C)CN(Cc1ccc2c(c1)OCO2)CC1OC(C)(C)N(C(=O)OC2COC3OCCC23)C1Cc1ccc(OCc2ccc(C#N)cc2)cc1. The average molecular weight is 698 g/mol. The normalized spacial score (nSPS) is 24.6. The van der Waals surface area contributed by atoms with Crippen LogP contribution < -0.4 is 14.2 Å². The maximum Gasteiger partial charge on any atom is 0.412 e. The molecule has 11 nitrogen and oxygen atoms in total. The first-order valence-electron chi connectivity index (χ1n) is 17.9. The Bertz CT molecular complexity index is 1710. The standard InChI is InChI=1S/C40H47N3O8/c1-26(2)20-42(21-30-11-14-34-35(18-30)49-25-48-34)22-36-33(17-27-9-12-31(13-10-27)46-23-29-7-5-28(19-41)6-8-29)43(40(3,4)51-36)39(44)50-37-24-47-38-32(37)15-16-45-38/h5-14,18,26,32-33,36-38H,15-17,20-25H2,1-4H3. The van der Waals surface area contributed by atoms with E-state index in [4.69, 9.17) is 38.4 Å². The molecule has 4 aliphatic heterocycles. The Hall–Kier alpha value is -4.34. The van der Waals surface area contributed by atoms with E-state index in [1.807, 2.05) is 62.4 Å². The number of amides is 1. The third-order valence-corrected chi connectivity index (χ3v) is 9.98. The lowest BCUT2D eigenvalue weighted by Crippen LogP contribution is -2.51. The number of fused-ring (bicyclic) bond motifs is 2. The van der Waals surface area contributed by atoms with E-state index in [0.717, 1.165) is 46.9 Å². The van der Waals surface area contributed by atoms with Crippen molar-refractivity contribution in [1.29, 1.82) is 5.26 Å². The summed E-state index contributed by atoms with van der Waals surface area (Å²) in [7, 11) is 0. The Morgan fingerprint density at radius 1 is 1.00 bits per heavy atom. The predicted molar refractivity (Wildman–Crippen MR) is 187 cm³/mol. The third kappa shape index (κ3) is 8.10. The number of ether oxygens (including phenoxy) is 7. The number of carbonyl (C=O) groups excluding carboxylic acids is 1. The quantitative estimate of drug-likeness (QED) is 0.215. The van der Waals surface area contributed by atoms with E-state index >= 15 is 0 Å². The van der Waals surface area contributed by atoms with Crippen LogP contribution in [-0.2, 0) is 38.5 Å². The fraction of sp³-hybridized carbons (Fsp3) is 0.500. The number of hydrogen-bond acceptors (Lipinski definition) is 10. The van der Waals surface area contributed by atoms with Gasteiger partial charge in [0, 0.05) is 19.6 Å². The zero-order chi connectivity index (χ0) is 35.5. The molecule has 7 rings (SSSR count). The van der Waals surface area contributed by atoms with Crippen LogP contribution in [0.2, 0.25) is 0 Å². The number of rotatable bonds is 12. The Morgan fingerprint density at radius 3 is 2.51 bits per heavy atom. The summed E-state index contributed by atoms with van der Waals surface area (Å²) in [6.07, 6.45) is -0.00560. The van der Waals surface area contributed by atoms with Crippen molar-refractivity contribution in [3.63, 3.8) is 0 Å². The lowest BCUT2D eigenvalue weighted by molar-refractivity contribution is -0.0912. The fourth-order valence-corrected chi connectivity index (χ4v) is 7.62. The van der Waals surface area contributed by atoms with Gasteiger partial charge in [-0.1, -0.05) is 44.2 Å². The molecule has 3 saturated heterocycles. The highest BCUT2D eigenvalue weighted by Gasteiger charge is 2.52. The molecule has 0 aromatic heterocycles. The molecule has 4 aliphatic rings. The highest BCUT2D eigenvalue weighted by atomic mass is 16.7. The summed E-state index contributed by atoms with van der Waals surface area (Å²) in [6, 6.07) is 23.3. The lowest BCUT2D eigenvalue weighted by Gasteiger charge is -2.34. The Morgan fingerprint density at radius 2 is 1.75 bits per heavy atom. The first kappa shape index (κ1) is 35.1. The molecule has 51 heavy (non-hydrogen) atoms. The van der Waals surface area contributed by atoms with Gasteiger partial charge in [0.2, 0.25) is 6.79 Å². The van der Waals surface area contributed by atoms with Gasteiger partial charge in [0.15, 0.2) is 17.8 Å². The minimum Gasteiger partial charge on any atom is -0.489 e. The summed E-state index contributed by atoms with van der Waals surface area (Å²) >= 11 is 0. The van der Waals surface area contributed by atoms with Gasteiger partial charge in [-0.3, -0.25) is 9.80 Å². The molecule has 3 aromatic rings. The minimum atomic E-state index is -0.913.